The number of nitrogens with two attached hydrogens (primary N) is 1. The van der Waals surface area contributed by atoms with E-state index in [0.29, 0.717) is 40.4 Å². The van der Waals surface area contributed by atoms with Crippen LogP contribution >= 0.6 is 0 Å². The number of nitrogens with one attached hydrogen (secondary N) is 3. The van der Waals surface area contributed by atoms with Gasteiger partial charge in [-0.05, 0) is 70.3 Å². The molecule has 8 rings (SSSR count). The van der Waals surface area contributed by atoms with Gasteiger partial charge in [0.1, 0.15) is 11.6 Å². The van der Waals surface area contributed by atoms with Crippen LogP contribution in [0.3, 0.4) is 0 Å². The van der Waals surface area contributed by atoms with E-state index in [1.165, 1.54) is 29.2 Å². The monoisotopic (exact) mass is 951 g/mol. The van der Waals surface area contributed by atoms with Gasteiger partial charge in [0.25, 0.3) is 0 Å². The lowest BCUT2D eigenvalue weighted by atomic mass is 9.76. The molecule has 0 radical (unpaired) electrons. The molecular weight excluding hydrogens is 903 g/mol. The van der Waals surface area contributed by atoms with Crippen molar-refractivity contribution < 1.29 is 31.2 Å². The van der Waals surface area contributed by atoms with Gasteiger partial charge in [0.2, 0.25) is 32.4 Å². The number of carbonyl (C=O) groups excluding carboxylic acids is 2. The summed E-state index contributed by atoms with van der Waals surface area (Å²) in [7, 11) is -5.15. The van der Waals surface area contributed by atoms with Crippen molar-refractivity contribution >= 4 is 55.0 Å². The summed E-state index contributed by atoms with van der Waals surface area (Å²) in [6.45, 7) is 0.141. The van der Waals surface area contributed by atoms with E-state index in [1.54, 1.807) is 54.3 Å². The Hall–Kier alpha value is -7.48. The van der Waals surface area contributed by atoms with Gasteiger partial charge in [-0.1, -0.05) is 115 Å². The Balaban J connectivity index is 1.01. The second-order valence-corrected chi connectivity index (χ2v) is 19.2. The van der Waals surface area contributed by atoms with Crippen molar-refractivity contribution in [3.63, 3.8) is 0 Å². The third-order valence-electron chi connectivity index (χ3n) is 11.6. The molecule has 8 aromatic rings. The molecule has 0 fully saturated rings. The highest BCUT2D eigenvalue weighted by Gasteiger charge is 2.40. The molecule has 16 nitrogen and oxygen atoms in total. The van der Waals surface area contributed by atoms with Gasteiger partial charge in [0, 0.05) is 43.6 Å². The van der Waals surface area contributed by atoms with Crippen LogP contribution in [0.5, 0.6) is 0 Å². The van der Waals surface area contributed by atoms with Gasteiger partial charge in [-0.25, -0.2) is 26.5 Å². The first-order chi connectivity index (χ1) is 32.9. The largest absolute Gasteiger partial charge is 0.468 e. The first-order valence-electron chi connectivity index (χ1n) is 21.5. The van der Waals surface area contributed by atoms with Crippen LogP contribution in [-0.4, -0.2) is 81.3 Å². The van der Waals surface area contributed by atoms with Crippen LogP contribution in [-0.2, 0) is 53.5 Å². The van der Waals surface area contributed by atoms with Crippen LogP contribution in [0.2, 0.25) is 0 Å². The van der Waals surface area contributed by atoms with Crippen molar-refractivity contribution in [2.24, 2.45) is 12.8 Å². The summed E-state index contributed by atoms with van der Waals surface area (Å²) >= 11 is 0. The molecule has 0 bridgehead atoms. The van der Waals surface area contributed by atoms with Crippen molar-refractivity contribution in [3.05, 3.63) is 193 Å². The van der Waals surface area contributed by atoms with Crippen molar-refractivity contribution in [3.8, 4) is 11.1 Å². The molecule has 6 aromatic carbocycles. The fraction of sp³-hybridized carbons (Fsp3) is 0.160. The fourth-order valence-corrected chi connectivity index (χ4v) is 10.6. The fourth-order valence-electron chi connectivity index (χ4n) is 8.35. The maximum atomic E-state index is 13.7. The molecule has 1 amide bonds. The SMILES string of the molecule is COC(=O)[C@H](CN(C=O)c1ccc2c(CNc3nccn3C(c3ccccc3)(c3ccccc3)c3ccccc3)nn(C)c2c1)NS(=O)(=O)c1ccc(-c2ccc(S(=O)(=O)NCCN)cc2)cc1. The van der Waals surface area contributed by atoms with E-state index in [2.05, 4.69) is 55.7 Å². The topological polar surface area (TPSA) is 213 Å². The van der Waals surface area contributed by atoms with Crippen molar-refractivity contribution in [1.29, 1.82) is 0 Å². The Morgan fingerprint density at radius 1 is 0.779 bits per heavy atom. The number of aryl methyl sites for hydroxylation is 1. The van der Waals surface area contributed by atoms with E-state index in [0.717, 1.165) is 29.2 Å². The van der Waals surface area contributed by atoms with E-state index in [9.17, 15) is 26.4 Å². The molecule has 0 aliphatic carbocycles. The summed E-state index contributed by atoms with van der Waals surface area (Å²) < 4.78 is 65.9. The quantitative estimate of drug-likeness (QED) is 0.0419. The average molecular weight is 952 g/mol. The zero-order chi connectivity index (χ0) is 47.9. The molecular formula is C50H49N9O7S2. The number of rotatable bonds is 20. The number of amides is 1. The van der Waals surface area contributed by atoms with Gasteiger partial charge in [0.15, 0.2) is 0 Å². The van der Waals surface area contributed by atoms with Crippen LogP contribution in [0.25, 0.3) is 22.0 Å². The Labute approximate surface area is 394 Å². The summed E-state index contributed by atoms with van der Waals surface area (Å²) in [5.74, 6) is -0.300. The van der Waals surface area contributed by atoms with Gasteiger partial charge in [0.05, 0.1) is 41.2 Å². The summed E-state index contributed by atoms with van der Waals surface area (Å²) in [5, 5.41) is 9.17. The number of hydrogen-bond acceptors (Lipinski definition) is 11. The third kappa shape index (κ3) is 9.53. The Morgan fingerprint density at radius 3 is 1.84 bits per heavy atom. The zero-order valence-corrected chi connectivity index (χ0v) is 38.8. The second-order valence-electron chi connectivity index (χ2n) is 15.7. The van der Waals surface area contributed by atoms with Crippen molar-refractivity contribution in [1.82, 2.24) is 28.8 Å². The molecule has 0 spiro atoms. The molecule has 0 unspecified atom stereocenters. The molecule has 0 aliphatic rings. The van der Waals surface area contributed by atoms with Gasteiger partial charge >= 0.3 is 5.97 Å². The third-order valence-corrected chi connectivity index (χ3v) is 14.6. The van der Waals surface area contributed by atoms with E-state index >= 15 is 0 Å². The number of hydrogen-bond donors (Lipinski definition) is 4. The highest BCUT2D eigenvalue weighted by Crippen LogP contribution is 2.42. The van der Waals surface area contributed by atoms with E-state index in [4.69, 9.17) is 20.6 Å². The molecule has 2 heterocycles. The van der Waals surface area contributed by atoms with Gasteiger partial charge in [-0.3, -0.25) is 18.8 Å². The number of methoxy groups -OCH3 is 1. The van der Waals surface area contributed by atoms with Gasteiger partial charge < -0.3 is 20.7 Å². The first kappa shape index (κ1) is 47.0. The number of esters is 1. The summed E-state index contributed by atoms with van der Waals surface area (Å²) in [6, 6.07) is 46.6. The lowest BCUT2D eigenvalue weighted by molar-refractivity contribution is -0.142. The minimum Gasteiger partial charge on any atom is -0.468 e. The molecule has 0 saturated carbocycles. The number of aromatic nitrogens is 4. The lowest BCUT2D eigenvalue weighted by Gasteiger charge is -2.38. The Bertz CT molecular complexity index is 3150. The molecule has 348 valence electrons. The number of carbonyl (C=O) groups is 2. The number of sulfonamides is 2. The lowest BCUT2D eigenvalue weighted by Crippen LogP contribution is -2.48. The van der Waals surface area contributed by atoms with Crippen LogP contribution in [0.15, 0.2) is 180 Å². The predicted molar refractivity (Wildman–Crippen MR) is 261 cm³/mol. The standard InChI is InChI=1S/C50H49N9O7S2/c1-57-47-32-41(58(35-60)34-46(48(61)66-2)56-68(64,65)43-25-20-37(21-26-43)36-18-23-42(24-19-36)67(62,63)54-29-28-51)22-27-44(47)45(55-57)33-53-49-52-30-31-59(49)50(38-12-6-3-7-13-38,39-14-8-4-9-15-39)40-16-10-5-11-17-40/h3-27,30-32,35,46,54,56H,28-29,33-34,51H2,1-2H3,(H,52,53)/t46-/m0/s1. The highest BCUT2D eigenvalue weighted by atomic mass is 32.2. The van der Waals surface area contributed by atoms with Gasteiger partial charge in [-0.15, -0.1) is 0 Å². The Kier molecular flexibility index (Phi) is 14.0. The van der Waals surface area contributed by atoms with Crippen molar-refractivity contribution in [2.45, 2.75) is 27.9 Å². The van der Waals surface area contributed by atoms with E-state index in [1.807, 2.05) is 66.9 Å². The van der Waals surface area contributed by atoms with E-state index < -0.39 is 44.1 Å². The molecule has 1 atom stereocenters. The molecule has 5 N–H and O–H groups in total. The number of nitrogens with zero attached hydrogens (tertiary/aromatic N) is 5. The number of benzene rings is 6. The predicted octanol–water partition coefficient (Wildman–Crippen LogP) is 5.61. The maximum absolute atomic E-state index is 13.7. The first-order valence-corrected chi connectivity index (χ1v) is 24.5. The summed E-state index contributed by atoms with van der Waals surface area (Å²) in [6.07, 6.45) is 4.25. The second kappa shape index (κ2) is 20.2. The van der Waals surface area contributed by atoms with Crippen LogP contribution in [0.1, 0.15) is 22.4 Å². The number of ether oxygens (including phenoxy) is 1. The zero-order valence-electron chi connectivity index (χ0n) is 37.1. The molecule has 0 saturated heterocycles. The summed E-state index contributed by atoms with van der Waals surface area (Å²) in [5.41, 5.74) is 10.8. The van der Waals surface area contributed by atoms with Gasteiger partial charge in [-0.2, -0.15) is 9.82 Å². The summed E-state index contributed by atoms with van der Waals surface area (Å²) in [4.78, 5) is 31.7. The van der Waals surface area contributed by atoms with E-state index in [-0.39, 0.29) is 29.4 Å². The average Bonchev–Trinajstić information content (AvgIpc) is 3.98. The van der Waals surface area contributed by atoms with Crippen LogP contribution < -0.4 is 25.4 Å². The normalized spacial score (nSPS) is 12.4. The number of fused-ring (bicyclic) bond motifs is 1. The number of anilines is 2. The minimum absolute atomic E-state index is 0.0588. The smallest absolute Gasteiger partial charge is 0.325 e. The van der Waals surface area contributed by atoms with Crippen molar-refractivity contribution in [2.75, 3.05) is 37.0 Å². The number of imidazole rings is 1. The Morgan fingerprint density at radius 2 is 1.32 bits per heavy atom. The molecule has 18 heteroatoms. The van der Waals surface area contributed by atoms with Crippen LogP contribution in [0, 0.1) is 0 Å². The maximum Gasteiger partial charge on any atom is 0.325 e. The molecule has 68 heavy (non-hydrogen) atoms. The van der Waals surface area contributed by atoms with Crippen LogP contribution in [0.4, 0.5) is 11.6 Å². The molecule has 2 aromatic heterocycles. The minimum atomic E-state index is -4.33. The highest BCUT2D eigenvalue weighted by molar-refractivity contribution is 7.89. The molecule has 0 aliphatic heterocycles.